The fourth-order valence-corrected chi connectivity index (χ4v) is 2.23. The zero-order chi connectivity index (χ0) is 13.0. The van der Waals surface area contributed by atoms with E-state index in [1.807, 2.05) is 29.2 Å². The van der Waals surface area contributed by atoms with Crippen LogP contribution < -0.4 is 5.32 Å². The van der Waals surface area contributed by atoms with Gasteiger partial charge in [-0.2, -0.15) is 0 Å². The summed E-state index contributed by atoms with van der Waals surface area (Å²) < 4.78 is 0. The Bertz CT molecular complexity index is 420. The number of aliphatic hydroxyl groups excluding tert-OH is 1. The van der Waals surface area contributed by atoms with E-state index in [0.29, 0.717) is 13.1 Å². The number of amides is 1. The van der Waals surface area contributed by atoms with Gasteiger partial charge in [-0.15, -0.1) is 0 Å². The fraction of sp³-hybridized carbons (Fsp3) is 0.500. The number of β-amino-alcohol motifs (C(OH)–C–C–N with tert-alkyl or cyclic N) is 1. The second kappa shape index (κ2) is 5.98. The molecule has 0 unspecified atom stereocenters. The van der Waals surface area contributed by atoms with Crippen molar-refractivity contribution in [1.82, 2.24) is 4.90 Å². The molecule has 1 atom stereocenters. The first-order valence-corrected chi connectivity index (χ1v) is 6.46. The van der Waals surface area contributed by atoms with E-state index in [1.54, 1.807) is 0 Å². The minimum Gasteiger partial charge on any atom is -0.392 e. The third-order valence-electron chi connectivity index (χ3n) is 3.23. The summed E-state index contributed by atoms with van der Waals surface area (Å²) in [6.07, 6.45) is 1.45. The molecule has 0 spiro atoms. The Morgan fingerprint density at radius 3 is 3.06 bits per heavy atom. The molecule has 0 bridgehead atoms. The maximum Gasteiger partial charge on any atom is 0.238 e. The summed E-state index contributed by atoms with van der Waals surface area (Å²) in [5, 5.41) is 12.3. The second-order valence-electron chi connectivity index (χ2n) is 4.78. The van der Waals surface area contributed by atoms with Crippen molar-refractivity contribution >= 4 is 11.6 Å². The molecule has 1 heterocycles. The monoisotopic (exact) mass is 248 g/mol. The van der Waals surface area contributed by atoms with E-state index in [9.17, 15) is 9.90 Å². The molecule has 1 amide bonds. The van der Waals surface area contributed by atoms with E-state index in [1.165, 1.54) is 5.56 Å². The van der Waals surface area contributed by atoms with Gasteiger partial charge in [0.2, 0.25) is 5.91 Å². The molecular formula is C14H20N2O2. The van der Waals surface area contributed by atoms with Crippen LogP contribution in [0.5, 0.6) is 0 Å². The quantitative estimate of drug-likeness (QED) is 0.843. The van der Waals surface area contributed by atoms with Crippen molar-refractivity contribution in [2.75, 3.05) is 25.0 Å². The normalized spacial score (nSPS) is 20.0. The Kier molecular flexibility index (Phi) is 4.33. The largest absolute Gasteiger partial charge is 0.392 e. The van der Waals surface area contributed by atoms with E-state index < -0.39 is 0 Å². The predicted octanol–water partition coefficient (Wildman–Crippen LogP) is 1.25. The van der Waals surface area contributed by atoms with E-state index in [4.69, 9.17) is 0 Å². The minimum atomic E-state index is -0.277. The molecule has 0 saturated carbocycles. The summed E-state index contributed by atoms with van der Waals surface area (Å²) >= 11 is 0. The lowest BCUT2D eigenvalue weighted by molar-refractivity contribution is -0.117. The van der Waals surface area contributed by atoms with Gasteiger partial charge < -0.3 is 10.4 Å². The van der Waals surface area contributed by atoms with Gasteiger partial charge in [0.25, 0.3) is 0 Å². The number of hydrogen-bond donors (Lipinski definition) is 2. The van der Waals surface area contributed by atoms with Crippen molar-refractivity contribution in [1.29, 1.82) is 0 Å². The first kappa shape index (κ1) is 13.1. The van der Waals surface area contributed by atoms with Crippen molar-refractivity contribution in [3.8, 4) is 0 Å². The van der Waals surface area contributed by atoms with Crippen LogP contribution in [0.25, 0.3) is 0 Å². The van der Waals surface area contributed by atoms with Crippen LogP contribution >= 0.6 is 0 Å². The van der Waals surface area contributed by atoms with Gasteiger partial charge in [-0.1, -0.05) is 19.1 Å². The standard InChI is InChI=1S/C14H20N2O2/c1-2-11-4-3-5-12(8-11)15-14(18)10-16-7-6-13(17)9-16/h3-5,8,13,17H,2,6-7,9-10H2,1H3,(H,15,18)/t13-/m1/s1. The lowest BCUT2D eigenvalue weighted by atomic mass is 10.1. The highest BCUT2D eigenvalue weighted by atomic mass is 16.3. The highest BCUT2D eigenvalue weighted by Gasteiger charge is 2.21. The number of hydrogen-bond acceptors (Lipinski definition) is 3. The Hall–Kier alpha value is -1.39. The lowest BCUT2D eigenvalue weighted by Gasteiger charge is -2.14. The fourth-order valence-electron chi connectivity index (χ4n) is 2.23. The van der Waals surface area contributed by atoms with Crippen LogP contribution in [-0.4, -0.2) is 41.7 Å². The van der Waals surface area contributed by atoms with Crippen LogP contribution in [0.2, 0.25) is 0 Å². The lowest BCUT2D eigenvalue weighted by Crippen LogP contribution is -2.32. The molecule has 1 aliphatic rings. The second-order valence-corrected chi connectivity index (χ2v) is 4.78. The van der Waals surface area contributed by atoms with E-state index in [-0.39, 0.29) is 12.0 Å². The molecule has 1 aromatic carbocycles. The third kappa shape index (κ3) is 3.55. The number of aliphatic hydroxyl groups is 1. The maximum absolute atomic E-state index is 11.8. The molecule has 1 aromatic rings. The summed E-state index contributed by atoms with van der Waals surface area (Å²) in [6.45, 7) is 3.84. The van der Waals surface area contributed by atoms with Crippen LogP contribution in [0.1, 0.15) is 18.9 Å². The van der Waals surface area contributed by atoms with Crippen molar-refractivity contribution in [3.63, 3.8) is 0 Å². The molecule has 2 N–H and O–H groups in total. The molecule has 18 heavy (non-hydrogen) atoms. The molecule has 1 aliphatic heterocycles. The summed E-state index contributed by atoms with van der Waals surface area (Å²) in [6, 6.07) is 7.90. The predicted molar refractivity (Wildman–Crippen MR) is 71.5 cm³/mol. The maximum atomic E-state index is 11.8. The number of benzene rings is 1. The SMILES string of the molecule is CCc1cccc(NC(=O)CN2CC[C@@H](O)C2)c1. The zero-order valence-corrected chi connectivity index (χ0v) is 10.7. The number of nitrogens with one attached hydrogen (secondary N) is 1. The number of carbonyl (C=O) groups excluding carboxylic acids is 1. The molecule has 1 saturated heterocycles. The number of likely N-dealkylation sites (tertiary alicyclic amines) is 1. The first-order valence-electron chi connectivity index (χ1n) is 6.46. The molecule has 4 nitrogen and oxygen atoms in total. The average Bonchev–Trinajstić information content (AvgIpc) is 2.74. The number of anilines is 1. The van der Waals surface area contributed by atoms with E-state index >= 15 is 0 Å². The summed E-state index contributed by atoms with van der Waals surface area (Å²) in [5.74, 6) is -0.0163. The summed E-state index contributed by atoms with van der Waals surface area (Å²) in [7, 11) is 0. The van der Waals surface area contributed by atoms with E-state index in [2.05, 4.69) is 12.2 Å². The van der Waals surface area contributed by atoms with Crippen molar-refractivity contribution < 1.29 is 9.90 Å². The molecule has 0 aromatic heterocycles. The number of rotatable bonds is 4. The highest BCUT2D eigenvalue weighted by Crippen LogP contribution is 2.12. The van der Waals surface area contributed by atoms with Crippen LogP contribution in [-0.2, 0) is 11.2 Å². The van der Waals surface area contributed by atoms with Gasteiger partial charge >= 0.3 is 0 Å². The molecule has 98 valence electrons. The third-order valence-corrected chi connectivity index (χ3v) is 3.23. The summed E-state index contributed by atoms with van der Waals surface area (Å²) in [4.78, 5) is 13.8. The minimum absolute atomic E-state index is 0.0163. The Morgan fingerprint density at radius 2 is 2.39 bits per heavy atom. The Labute approximate surface area is 108 Å². The first-order chi connectivity index (χ1) is 8.67. The average molecular weight is 248 g/mol. The number of nitrogens with zero attached hydrogens (tertiary/aromatic N) is 1. The van der Waals surface area contributed by atoms with Gasteiger partial charge in [-0.25, -0.2) is 0 Å². The van der Waals surface area contributed by atoms with Crippen molar-refractivity contribution in [3.05, 3.63) is 29.8 Å². The number of aryl methyl sites for hydroxylation is 1. The molecule has 4 heteroatoms. The molecule has 1 fully saturated rings. The number of carbonyl (C=O) groups is 1. The van der Waals surface area contributed by atoms with Crippen LogP contribution in [0, 0.1) is 0 Å². The van der Waals surface area contributed by atoms with Gasteiger partial charge in [0.1, 0.15) is 0 Å². The van der Waals surface area contributed by atoms with Crippen molar-refractivity contribution in [2.24, 2.45) is 0 Å². The Balaban J connectivity index is 1.86. The molecule has 2 rings (SSSR count). The Morgan fingerprint density at radius 1 is 1.56 bits per heavy atom. The van der Waals surface area contributed by atoms with Gasteiger partial charge in [-0.3, -0.25) is 9.69 Å². The topological polar surface area (TPSA) is 52.6 Å². The molecular weight excluding hydrogens is 228 g/mol. The van der Waals surface area contributed by atoms with E-state index in [0.717, 1.165) is 25.1 Å². The van der Waals surface area contributed by atoms with Crippen LogP contribution in [0.15, 0.2) is 24.3 Å². The van der Waals surface area contributed by atoms with Gasteiger partial charge in [0.15, 0.2) is 0 Å². The van der Waals surface area contributed by atoms with Crippen molar-refractivity contribution in [2.45, 2.75) is 25.9 Å². The molecule has 0 aliphatic carbocycles. The van der Waals surface area contributed by atoms with Crippen LogP contribution in [0.4, 0.5) is 5.69 Å². The molecule has 0 radical (unpaired) electrons. The van der Waals surface area contributed by atoms with Gasteiger partial charge in [-0.05, 0) is 30.5 Å². The summed E-state index contributed by atoms with van der Waals surface area (Å²) in [5.41, 5.74) is 2.06. The van der Waals surface area contributed by atoms with Gasteiger partial charge in [0, 0.05) is 18.8 Å². The zero-order valence-electron chi connectivity index (χ0n) is 10.7. The smallest absolute Gasteiger partial charge is 0.238 e. The van der Waals surface area contributed by atoms with Crippen LogP contribution in [0.3, 0.4) is 0 Å². The highest BCUT2D eigenvalue weighted by molar-refractivity contribution is 5.92. The van der Waals surface area contributed by atoms with Gasteiger partial charge in [0.05, 0.1) is 12.6 Å².